The maximum atomic E-state index is 9.86. The molecule has 1 aromatic heterocycles. The fourth-order valence-corrected chi connectivity index (χ4v) is 3.13. The Morgan fingerprint density at radius 2 is 2.17 bits per heavy atom. The van der Waals surface area contributed by atoms with E-state index in [1.54, 1.807) is 6.07 Å². The predicted molar refractivity (Wildman–Crippen MR) is 90.8 cm³/mol. The van der Waals surface area contributed by atoms with Gasteiger partial charge in [-0.1, -0.05) is 18.2 Å². The molecule has 0 spiro atoms. The van der Waals surface area contributed by atoms with Crippen LogP contribution in [0.5, 0.6) is 5.75 Å². The number of nitrogens with zero attached hydrogens (tertiary/aromatic N) is 2. The highest BCUT2D eigenvalue weighted by atomic mass is 16.3. The maximum absolute atomic E-state index is 9.86. The summed E-state index contributed by atoms with van der Waals surface area (Å²) in [6.45, 7) is 2.84. The Balaban J connectivity index is 1.78. The summed E-state index contributed by atoms with van der Waals surface area (Å²) >= 11 is 0. The Labute approximate surface area is 136 Å². The van der Waals surface area contributed by atoms with Gasteiger partial charge >= 0.3 is 0 Å². The third-order valence-electron chi connectivity index (χ3n) is 4.29. The first-order valence-electron chi connectivity index (χ1n) is 8.08. The van der Waals surface area contributed by atoms with Gasteiger partial charge in [0.25, 0.3) is 0 Å². The molecule has 0 radical (unpaired) electrons. The smallest absolute Gasteiger partial charge is 0.128 e. The average molecular weight is 313 g/mol. The van der Waals surface area contributed by atoms with E-state index in [0.29, 0.717) is 12.5 Å². The van der Waals surface area contributed by atoms with E-state index in [4.69, 9.17) is 5.11 Å². The van der Waals surface area contributed by atoms with E-state index in [9.17, 15) is 5.11 Å². The minimum Gasteiger partial charge on any atom is -0.508 e. The molecule has 122 valence electrons. The molecular weight excluding hydrogens is 290 g/mol. The van der Waals surface area contributed by atoms with Gasteiger partial charge in [0.05, 0.1) is 0 Å². The van der Waals surface area contributed by atoms with E-state index in [1.165, 1.54) is 5.56 Å². The second kappa shape index (κ2) is 7.44. The van der Waals surface area contributed by atoms with Crippen molar-refractivity contribution in [2.45, 2.75) is 18.9 Å². The van der Waals surface area contributed by atoms with Crippen LogP contribution >= 0.6 is 0 Å². The number of hydrogen-bond acceptors (Lipinski definition) is 5. The van der Waals surface area contributed by atoms with Crippen molar-refractivity contribution in [3.05, 3.63) is 53.7 Å². The molecule has 2 aromatic rings. The molecule has 1 atom stereocenters. The van der Waals surface area contributed by atoms with E-state index in [1.807, 2.05) is 36.5 Å². The fourth-order valence-electron chi connectivity index (χ4n) is 3.13. The van der Waals surface area contributed by atoms with Crippen molar-refractivity contribution < 1.29 is 10.2 Å². The van der Waals surface area contributed by atoms with E-state index >= 15 is 0 Å². The molecular formula is C18H23N3O2. The Morgan fingerprint density at radius 3 is 2.96 bits per heavy atom. The molecule has 0 aliphatic carbocycles. The monoisotopic (exact) mass is 313 g/mol. The summed E-state index contributed by atoms with van der Waals surface area (Å²) in [5.41, 5.74) is 1.97. The van der Waals surface area contributed by atoms with Crippen LogP contribution in [0, 0.1) is 0 Å². The standard InChI is InChI=1S/C18H23N3O2/c22-10-6-15-11-14(4-5-17(15)23)12-16-13-19-8-9-21(16)18-3-1-2-7-20-18/h1-5,7,11,16,19,22-23H,6,8-10,12-13H2. The molecule has 0 amide bonds. The molecule has 0 saturated carbocycles. The molecule has 3 rings (SSSR count). The topological polar surface area (TPSA) is 68.6 Å². The van der Waals surface area contributed by atoms with Crippen LogP contribution in [-0.2, 0) is 12.8 Å². The zero-order valence-electron chi connectivity index (χ0n) is 13.2. The lowest BCUT2D eigenvalue weighted by molar-refractivity contribution is 0.297. The summed E-state index contributed by atoms with van der Waals surface area (Å²) in [5.74, 6) is 1.26. The first-order valence-corrected chi connectivity index (χ1v) is 8.08. The van der Waals surface area contributed by atoms with Gasteiger partial charge in [0.2, 0.25) is 0 Å². The lowest BCUT2D eigenvalue weighted by Crippen LogP contribution is -2.52. The zero-order chi connectivity index (χ0) is 16.1. The van der Waals surface area contributed by atoms with Crippen LogP contribution in [-0.4, -0.2) is 47.5 Å². The zero-order valence-corrected chi connectivity index (χ0v) is 13.2. The van der Waals surface area contributed by atoms with Crippen LogP contribution < -0.4 is 10.2 Å². The number of nitrogens with one attached hydrogen (secondary N) is 1. The van der Waals surface area contributed by atoms with E-state index in [2.05, 4.69) is 15.2 Å². The quantitative estimate of drug-likeness (QED) is 0.777. The summed E-state index contributed by atoms with van der Waals surface area (Å²) in [5, 5.41) is 22.4. The number of aromatic hydroxyl groups is 1. The summed E-state index contributed by atoms with van der Waals surface area (Å²) in [6.07, 6.45) is 3.18. The van der Waals surface area contributed by atoms with Gasteiger partial charge in [-0.25, -0.2) is 4.98 Å². The average Bonchev–Trinajstić information content (AvgIpc) is 2.59. The summed E-state index contributed by atoms with van der Waals surface area (Å²) in [6, 6.07) is 12.0. The Kier molecular flexibility index (Phi) is 5.10. The number of piperazine rings is 1. The fraction of sp³-hybridized carbons (Fsp3) is 0.389. The van der Waals surface area contributed by atoms with Gasteiger partial charge in [0.1, 0.15) is 11.6 Å². The Hall–Kier alpha value is -2.11. The molecule has 23 heavy (non-hydrogen) atoms. The summed E-state index contributed by atoms with van der Waals surface area (Å²) in [7, 11) is 0. The molecule has 1 aliphatic heterocycles. The van der Waals surface area contributed by atoms with E-state index < -0.39 is 0 Å². The van der Waals surface area contributed by atoms with Gasteiger partial charge in [-0.15, -0.1) is 0 Å². The van der Waals surface area contributed by atoms with E-state index in [-0.39, 0.29) is 12.4 Å². The second-order valence-electron chi connectivity index (χ2n) is 5.88. The molecule has 5 heteroatoms. The van der Waals surface area contributed by atoms with Crippen LogP contribution in [0.2, 0.25) is 0 Å². The molecule has 5 nitrogen and oxygen atoms in total. The van der Waals surface area contributed by atoms with Gasteiger partial charge in [-0.3, -0.25) is 0 Å². The number of aliphatic hydroxyl groups excluding tert-OH is 1. The number of aromatic nitrogens is 1. The van der Waals surface area contributed by atoms with Crippen LogP contribution in [0.3, 0.4) is 0 Å². The normalized spacial score (nSPS) is 18.1. The molecule has 1 aromatic carbocycles. The maximum Gasteiger partial charge on any atom is 0.128 e. The molecule has 1 aliphatic rings. The molecule has 1 saturated heterocycles. The highest BCUT2D eigenvalue weighted by Gasteiger charge is 2.23. The summed E-state index contributed by atoms with van der Waals surface area (Å²) in [4.78, 5) is 6.82. The predicted octanol–water partition coefficient (Wildman–Crippen LogP) is 1.34. The molecule has 1 fully saturated rings. The van der Waals surface area contributed by atoms with Gasteiger partial charge in [-0.2, -0.15) is 0 Å². The SMILES string of the molecule is OCCc1cc(CC2CNCCN2c2ccccn2)ccc1O. The number of phenolic OH excluding ortho intramolecular Hbond substituents is 1. The van der Waals surface area contributed by atoms with Crippen LogP contribution in [0.15, 0.2) is 42.6 Å². The number of anilines is 1. The first-order chi connectivity index (χ1) is 11.3. The van der Waals surface area contributed by atoms with Crippen molar-refractivity contribution in [3.63, 3.8) is 0 Å². The van der Waals surface area contributed by atoms with Gasteiger partial charge in [0, 0.05) is 38.5 Å². The largest absolute Gasteiger partial charge is 0.508 e. The molecule has 3 N–H and O–H groups in total. The van der Waals surface area contributed by atoms with Crippen molar-refractivity contribution in [3.8, 4) is 5.75 Å². The molecule has 1 unspecified atom stereocenters. The van der Waals surface area contributed by atoms with Crippen molar-refractivity contribution in [2.75, 3.05) is 31.1 Å². The number of rotatable bonds is 5. The number of benzene rings is 1. The van der Waals surface area contributed by atoms with Crippen molar-refractivity contribution in [1.29, 1.82) is 0 Å². The van der Waals surface area contributed by atoms with Crippen LogP contribution in [0.4, 0.5) is 5.82 Å². The lowest BCUT2D eigenvalue weighted by Gasteiger charge is -2.37. The van der Waals surface area contributed by atoms with Gasteiger partial charge < -0.3 is 20.4 Å². The number of aliphatic hydroxyl groups is 1. The van der Waals surface area contributed by atoms with Gasteiger partial charge in [-0.05, 0) is 42.2 Å². The van der Waals surface area contributed by atoms with Crippen LogP contribution in [0.1, 0.15) is 11.1 Å². The number of pyridine rings is 1. The molecule has 0 bridgehead atoms. The van der Waals surface area contributed by atoms with Crippen molar-refractivity contribution in [2.24, 2.45) is 0 Å². The number of phenols is 1. The summed E-state index contributed by atoms with van der Waals surface area (Å²) < 4.78 is 0. The van der Waals surface area contributed by atoms with Gasteiger partial charge in [0.15, 0.2) is 0 Å². The Bertz CT molecular complexity index is 633. The third kappa shape index (κ3) is 3.81. The minimum absolute atomic E-state index is 0.0437. The van der Waals surface area contributed by atoms with Crippen molar-refractivity contribution >= 4 is 5.82 Å². The highest BCUT2D eigenvalue weighted by Crippen LogP contribution is 2.22. The first kappa shape index (κ1) is 15.8. The van der Waals surface area contributed by atoms with Crippen LogP contribution in [0.25, 0.3) is 0 Å². The number of hydrogen-bond donors (Lipinski definition) is 3. The molecule has 2 heterocycles. The lowest BCUT2D eigenvalue weighted by atomic mass is 9.99. The second-order valence-corrected chi connectivity index (χ2v) is 5.88. The van der Waals surface area contributed by atoms with E-state index in [0.717, 1.165) is 37.4 Å². The highest BCUT2D eigenvalue weighted by molar-refractivity contribution is 5.42. The minimum atomic E-state index is 0.0437. The van der Waals surface area contributed by atoms with Crippen molar-refractivity contribution in [1.82, 2.24) is 10.3 Å². The Morgan fingerprint density at radius 1 is 1.26 bits per heavy atom. The third-order valence-corrected chi connectivity index (χ3v) is 4.29.